The van der Waals surface area contributed by atoms with E-state index in [0.29, 0.717) is 6.23 Å². The fraction of sp³-hybridized carbons (Fsp3) is 1.00. The van der Waals surface area contributed by atoms with Crippen LogP contribution >= 0.6 is 0 Å². The zero-order valence-corrected chi connectivity index (χ0v) is 11.0. The summed E-state index contributed by atoms with van der Waals surface area (Å²) in [4.78, 5) is 4.95. The van der Waals surface area contributed by atoms with Crippen LogP contribution in [0.15, 0.2) is 0 Å². The Bertz CT molecular complexity index is 146. The van der Waals surface area contributed by atoms with E-state index in [1.165, 1.54) is 77.0 Å². The SMILES string of the molecule is CCCCCCCCCCCCC[C@H]1NO1. The minimum Gasteiger partial charge on any atom is -0.278 e. The molecule has 1 aliphatic rings. The van der Waals surface area contributed by atoms with Gasteiger partial charge in [-0.25, -0.2) is 0 Å². The Balaban J connectivity index is 1.61. The lowest BCUT2D eigenvalue weighted by Gasteiger charge is -2.01. The van der Waals surface area contributed by atoms with E-state index in [-0.39, 0.29) is 0 Å². The number of hydrogen-bond acceptors (Lipinski definition) is 2. The molecule has 0 aliphatic carbocycles. The molecule has 0 radical (unpaired) electrons. The molecule has 2 heteroatoms. The Kier molecular flexibility index (Phi) is 8.83. The second kappa shape index (κ2) is 10.1. The van der Waals surface area contributed by atoms with Crippen molar-refractivity contribution in [1.82, 2.24) is 5.48 Å². The smallest absolute Gasteiger partial charge is 0.151 e. The number of hydrogen-bond donors (Lipinski definition) is 1. The summed E-state index contributed by atoms with van der Waals surface area (Å²) in [5.74, 6) is 0. The molecule has 0 saturated carbocycles. The van der Waals surface area contributed by atoms with E-state index in [1.807, 2.05) is 0 Å². The van der Waals surface area contributed by atoms with Gasteiger partial charge in [-0.3, -0.25) is 4.84 Å². The highest BCUT2D eigenvalue weighted by atomic mass is 16.8. The zero-order chi connectivity index (χ0) is 11.5. The maximum atomic E-state index is 4.95. The second-order valence-electron chi connectivity index (χ2n) is 5.05. The van der Waals surface area contributed by atoms with Gasteiger partial charge in [0.05, 0.1) is 0 Å². The van der Waals surface area contributed by atoms with Crippen LogP contribution in [0.4, 0.5) is 0 Å². The molecule has 0 aromatic heterocycles. The first-order valence-corrected chi connectivity index (χ1v) is 7.34. The topological polar surface area (TPSA) is 34.5 Å². The van der Waals surface area contributed by atoms with Crippen molar-refractivity contribution in [2.24, 2.45) is 0 Å². The van der Waals surface area contributed by atoms with Gasteiger partial charge in [0, 0.05) is 0 Å². The average molecular weight is 227 g/mol. The first kappa shape index (κ1) is 14.0. The maximum absolute atomic E-state index is 4.95. The van der Waals surface area contributed by atoms with Crippen molar-refractivity contribution in [3.05, 3.63) is 0 Å². The highest BCUT2D eigenvalue weighted by Gasteiger charge is 2.20. The molecule has 0 bridgehead atoms. The van der Waals surface area contributed by atoms with Crippen LogP contribution in [0.25, 0.3) is 0 Å². The minimum absolute atomic E-state index is 0.401. The first-order valence-electron chi connectivity index (χ1n) is 7.34. The van der Waals surface area contributed by atoms with Crippen LogP contribution in [0.5, 0.6) is 0 Å². The molecule has 1 atom stereocenters. The van der Waals surface area contributed by atoms with Crippen LogP contribution in [0, 0.1) is 0 Å². The zero-order valence-electron chi connectivity index (χ0n) is 11.0. The van der Waals surface area contributed by atoms with Crippen LogP contribution in [0.1, 0.15) is 84.0 Å². The molecule has 1 N–H and O–H groups in total. The molecule has 1 heterocycles. The predicted molar refractivity (Wildman–Crippen MR) is 69.1 cm³/mol. The van der Waals surface area contributed by atoms with Crippen LogP contribution in [-0.4, -0.2) is 6.23 Å². The van der Waals surface area contributed by atoms with E-state index in [4.69, 9.17) is 4.84 Å². The van der Waals surface area contributed by atoms with Crippen molar-refractivity contribution < 1.29 is 4.84 Å². The molecule has 1 rings (SSSR count). The third kappa shape index (κ3) is 9.17. The summed E-state index contributed by atoms with van der Waals surface area (Å²) in [5, 5.41) is 0. The molecular weight excluding hydrogens is 198 g/mol. The Hall–Kier alpha value is -0.0800. The monoisotopic (exact) mass is 227 g/mol. The van der Waals surface area contributed by atoms with Gasteiger partial charge >= 0.3 is 0 Å². The van der Waals surface area contributed by atoms with Crippen molar-refractivity contribution in [2.45, 2.75) is 90.2 Å². The van der Waals surface area contributed by atoms with Gasteiger partial charge in [0.25, 0.3) is 0 Å². The van der Waals surface area contributed by atoms with Gasteiger partial charge in [0.15, 0.2) is 6.23 Å². The summed E-state index contributed by atoms with van der Waals surface area (Å²) >= 11 is 0. The van der Waals surface area contributed by atoms with E-state index in [1.54, 1.807) is 0 Å². The van der Waals surface area contributed by atoms with Crippen LogP contribution in [-0.2, 0) is 4.84 Å². The van der Waals surface area contributed by atoms with Gasteiger partial charge in [-0.2, -0.15) is 5.48 Å². The normalized spacial score (nSPS) is 18.9. The molecule has 0 aromatic carbocycles. The molecule has 1 saturated heterocycles. The molecule has 0 amide bonds. The standard InChI is InChI=1S/C14H29NO/c1-2-3-4-5-6-7-8-9-10-11-12-13-14-15-16-14/h14-15H,2-13H2,1H3/t14-/m0/s1. The third-order valence-corrected chi connectivity index (χ3v) is 3.35. The lowest BCUT2D eigenvalue weighted by atomic mass is 10.1. The minimum atomic E-state index is 0.401. The van der Waals surface area contributed by atoms with E-state index in [2.05, 4.69) is 12.4 Å². The van der Waals surface area contributed by atoms with Gasteiger partial charge < -0.3 is 0 Å². The average Bonchev–Trinajstić information content (AvgIpc) is 3.10. The molecule has 1 fully saturated rings. The number of hydroxylamine groups is 1. The van der Waals surface area contributed by atoms with E-state index in [0.717, 1.165) is 0 Å². The molecule has 96 valence electrons. The van der Waals surface area contributed by atoms with Crippen molar-refractivity contribution in [3.63, 3.8) is 0 Å². The van der Waals surface area contributed by atoms with Crippen LogP contribution in [0.3, 0.4) is 0 Å². The lowest BCUT2D eigenvalue weighted by Crippen LogP contribution is -1.89. The Labute approximate surface area is 101 Å². The maximum Gasteiger partial charge on any atom is 0.151 e. The third-order valence-electron chi connectivity index (χ3n) is 3.35. The van der Waals surface area contributed by atoms with E-state index < -0.39 is 0 Å². The summed E-state index contributed by atoms with van der Waals surface area (Å²) < 4.78 is 0. The Morgan fingerprint density at radius 2 is 1.19 bits per heavy atom. The molecule has 2 nitrogen and oxygen atoms in total. The van der Waals surface area contributed by atoms with Crippen molar-refractivity contribution in [1.29, 1.82) is 0 Å². The second-order valence-corrected chi connectivity index (χ2v) is 5.05. The summed E-state index contributed by atoms with van der Waals surface area (Å²) in [5.41, 5.74) is 2.87. The molecule has 0 aromatic rings. The van der Waals surface area contributed by atoms with Gasteiger partial charge in [0.2, 0.25) is 0 Å². The van der Waals surface area contributed by atoms with Gasteiger partial charge in [0.1, 0.15) is 0 Å². The summed E-state index contributed by atoms with van der Waals surface area (Å²) in [6.45, 7) is 2.28. The number of rotatable bonds is 12. The van der Waals surface area contributed by atoms with E-state index >= 15 is 0 Å². The van der Waals surface area contributed by atoms with E-state index in [9.17, 15) is 0 Å². The highest BCUT2D eigenvalue weighted by molar-refractivity contribution is 4.58. The van der Waals surface area contributed by atoms with Gasteiger partial charge in [-0.05, 0) is 12.8 Å². The number of nitrogens with one attached hydrogen (secondary N) is 1. The predicted octanol–water partition coefficient (Wildman–Crippen LogP) is 4.55. The largest absolute Gasteiger partial charge is 0.278 e. The summed E-state index contributed by atoms with van der Waals surface area (Å²) in [6, 6.07) is 0. The Morgan fingerprint density at radius 3 is 1.62 bits per heavy atom. The van der Waals surface area contributed by atoms with Gasteiger partial charge in [-0.15, -0.1) is 0 Å². The molecular formula is C14H29NO. The summed E-state index contributed by atoms with van der Waals surface area (Å²) in [7, 11) is 0. The van der Waals surface area contributed by atoms with Crippen molar-refractivity contribution in [3.8, 4) is 0 Å². The fourth-order valence-electron chi connectivity index (χ4n) is 2.16. The first-order chi connectivity index (χ1) is 7.93. The number of unbranched alkanes of at least 4 members (excludes halogenated alkanes) is 10. The highest BCUT2D eigenvalue weighted by Crippen LogP contribution is 2.14. The van der Waals surface area contributed by atoms with Gasteiger partial charge in [-0.1, -0.05) is 71.1 Å². The fourth-order valence-corrected chi connectivity index (χ4v) is 2.16. The Morgan fingerprint density at radius 1 is 0.750 bits per heavy atom. The molecule has 1 aliphatic heterocycles. The van der Waals surface area contributed by atoms with Crippen LogP contribution < -0.4 is 5.48 Å². The molecule has 0 unspecified atom stereocenters. The van der Waals surface area contributed by atoms with Crippen molar-refractivity contribution >= 4 is 0 Å². The quantitative estimate of drug-likeness (QED) is 0.392. The molecule has 0 spiro atoms. The van der Waals surface area contributed by atoms with Crippen LogP contribution in [0.2, 0.25) is 0 Å². The molecule has 16 heavy (non-hydrogen) atoms. The van der Waals surface area contributed by atoms with Crippen molar-refractivity contribution in [2.75, 3.05) is 0 Å². The summed E-state index contributed by atoms with van der Waals surface area (Å²) in [6.07, 6.45) is 17.2. The lowest BCUT2D eigenvalue weighted by molar-refractivity contribution is 0.357.